The molecule has 0 spiro atoms. The van der Waals surface area contributed by atoms with E-state index in [1.54, 1.807) is 18.5 Å². The number of benzene rings is 1. The van der Waals surface area contributed by atoms with Gasteiger partial charge in [0.25, 0.3) is 0 Å². The molecule has 1 atom stereocenters. The molecule has 3 aromatic rings. The van der Waals surface area contributed by atoms with Gasteiger partial charge in [-0.2, -0.15) is 0 Å². The van der Waals surface area contributed by atoms with Crippen LogP contribution >= 0.6 is 0 Å². The van der Waals surface area contributed by atoms with E-state index in [1.807, 2.05) is 43.3 Å². The van der Waals surface area contributed by atoms with Crippen LogP contribution in [0.5, 0.6) is 0 Å². The molecular weight excluding hydrogens is 322 g/mol. The Bertz CT molecular complexity index is 911. The minimum atomic E-state index is -0.120. The smallest absolute Gasteiger partial charge is 0.244 e. The molecule has 0 fully saturated rings. The number of carbonyl (C=O) groups excluding carboxylic acids is 1. The molecule has 4 heteroatoms. The summed E-state index contributed by atoms with van der Waals surface area (Å²) in [4.78, 5) is 16.3. The lowest BCUT2D eigenvalue weighted by atomic mass is 10.1. The average molecular weight is 345 g/mol. The van der Waals surface area contributed by atoms with Crippen LogP contribution in [0.3, 0.4) is 0 Å². The summed E-state index contributed by atoms with van der Waals surface area (Å²) in [5.74, 6) is -0.120. The first-order chi connectivity index (χ1) is 12.6. The fourth-order valence-electron chi connectivity index (χ4n) is 3.07. The fraction of sp³-hybridized carbons (Fsp3) is 0.182. The highest BCUT2D eigenvalue weighted by Crippen LogP contribution is 2.21. The molecule has 2 aromatic heterocycles. The Labute approximate surface area is 154 Å². The van der Waals surface area contributed by atoms with Gasteiger partial charge in [-0.05, 0) is 62.2 Å². The van der Waals surface area contributed by atoms with Gasteiger partial charge in [-0.1, -0.05) is 24.3 Å². The zero-order chi connectivity index (χ0) is 18.5. The first kappa shape index (κ1) is 17.7. The number of nitrogens with zero attached hydrogens (tertiary/aromatic N) is 2. The van der Waals surface area contributed by atoms with Crippen molar-refractivity contribution < 1.29 is 4.79 Å². The van der Waals surface area contributed by atoms with Gasteiger partial charge >= 0.3 is 0 Å². The number of para-hydroxylation sites is 1. The number of carbonyl (C=O) groups is 1. The zero-order valence-electron chi connectivity index (χ0n) is 15.3. The van der Waals surface area contributed by atoms with E-state index in [0.717, 1.165) is 28.2 Å². The Morgan fingerprint density at radius 2 is 1.92 bits per heavy atom. The number of aromatic nitrogens is 2. The van der Waals surface area contributed by atoms with Gasteiger partial charge in [0.2, 0.25) is 5.91 Å². The molecule has 2 heterocycles. The second-order valence-corrected chi connectivity index (χ2v) is 6.35. The Kier molecular flexibility index (Phi) is 5.32. The van der Waals surface area contributed by atoms with Gasteiger partial charge in [0.15, 0.2) is 0 Å². The number of rotatable bonds is 5. The molecule has 0 aliphatic rings. The molecule has 1 N–H and O–H groups in total. The van der Waals surface area contributed by atoms with Crippen LogP contribution < -0.4 is 5.32 Å². The lowest BCUT2D eigenvalue weighted by Crippen LogP contribution is -2.24. The van der Waals surface area contributed by atoms with Crippen molar-refractivity contribution in [2.24, 2.45) is 0 Å². The second kappa shape index (κ2) is 7.83. The van der Waals surface area contributed by atoms with Crippen molar-refractivity contribution in [2.45, 2.75) is 26.8 Å². The summed E-state index contributed by atoms with van der Waals surface area (Å²) in [6, 6.07) is 16.0. The maximum absolute atomic E-state index is 12.2. The van der Waals surface area contributed by atoms with Crippen molar-refractivity contribution in [3.63, 3.8) is 0 Å². The number of hydrogen-bond donors (Lipinski definition) is 1. The first-order valence-corrected chi connectivity index (χ1v) is 8.69. The Hall–Kier alpha value is -3.14. The third-order valence-electron chi connectivity index (χ3n) is 4.44. The molecule has 0 aliphatic carbocycles. The average Bonchev–Trinajstić information content (AvgIpc) is 2.95. The molecule has 26 heavy (non-hydrogen) atoms. The zero-order valence-corrected chi connectivity index (χ0v) is 15.3. The summed E-state index contributed by atoms with van der Waals surface area (Å²) in [5, 5.41) is 2.97. The van der Waals surface area contributed by atoms with Gasteiger partial charge in [-0.3, -0.25) is 9.78 Å². The van der Waals surface area contributed by atoms with Crippen LogP contribution in [0.4, 0.5) is 0 Å². The molecule has 0 saturated carbocycles. The molecule has 1 amide bonds. The van der Waals surface area contributed by atoms with Crippen molar-refractivity contribution in [1.29, 1.82) is 0 Å². The number of aryl methyl sites for hydroxylation is 1. The third kappa shape index (κ3) is 3.91. The van der Waals surface area contributed by atoms with Crippen molar-refractivity contribution in [3.8, 4) is 5.69 Å². The van der Waals surface area contributed by atoms with Crippen LogP contribution in [0.25, 0.3) is 11.8 Å². The molecule has 0 radical (unpaired) electrons. The molecule has 3 rings (SSSR count). The summed E-state index contributed by atoms with van der Waals surface area (Å²) >= 11 is 0. The topological polar surface area (TPSA) is 46.9 Å². The Balaban J connectivity index is 1.74. The lowest BCUT2D eigenvalue weighted by Gasteiger charge is -2.12. The van der Waals surface area contributed by atoms with Crippen LogP contribution in [-0.4, -0.2) is 15.5 Å². The highest BCUT2D eigenvalue weighted by molar-refractivity contribution is 5.92. The Morgan fingerprint density at radius 3 is 2.62 bits per heavy atom. The van der Waals surface area contributed by atoms with Crippen molar-refractivity contribution in [1.82, 2.24) is 14.9 Å². The second-order valence-electron chi connectivity index (χ2n) is 6.35. The van der Waals surface area contributed by atoms with Gasteiger partial charge in [0, 0.05) is 35.5 Å². The minimum absolute atomic E-state index is 0.0856. The van der Waals surface area contributed by atoms with E-state index in [0.29, 0.717) is 0 Å². The SMILES string of the molecule is Cc1cc(/C=C/C(=O)NC(C)c2cccnc2)c(C)n1-c1ccccc1. The third-order valence-corrected chi connectivity index (χ3v) is 4.44. The largest absolute Gasteiger partial charge is 0.346 e. The number of pyridine rings is 1. The molecule has 0 aliphatic heterocycles. The van der Waals surface area contributed by atoms with Gasteiger partial charge in [-0.15, -0.1) is 0 Å². The summed E-state index contributed by atoms with van der Waals surface area (Å²) in [6.45, 7) is 6.09. The van der Waals surface area contributed by atoms with Crippen LogP contribution in [0.15, 0.2) is 67.0 Å². The van der Waals surface area contributed by atoms with Crippen molar-refractivity contribution in [3.05, 3.63) is 89.5 Å². The fourth-order valence-corrected chi connectivity index (χ4v) is 3.07. The summed E-state index contributed by atoms with van der Waals surface area (Å²) < 4.78 is 2.19. The van der Waals surface area contributed by atoms with E-state index in [4.69, 9.17) is 0 Å². The summed E-state index contributed by atoms with van der Waals surface area (Å²) in [5.41, 5.74) is 5.39. The molecule has 1 aromatic carbocycles. The van der Waals surface area contributed by atoms with Crippen molar-refractivity contribution >= 4 is 12.0 Å². The van der Waals surface area contributed by atoms with Crippen LogP contribution in [0, 0.1) is 13.8 Å². The standard InChI is InChI=1S/C22H23N3O/c1-16-14-19(18(3)25(16)21-9-5-4-6-10-21)11-12-22(26)24-17(2)20-8-7-13-23-15-20/h4-15,17H,1-3H3,(H,24,26)/b12-11+. The van der Waals surface area contributed by atoms with E-state index >= 15 is 0 Å². The molecule has 0 bridgehead atoms. The Morgan fingerprint density at radius 1 is 1.15 bits per heavy atom. The molecule has 4 nitrogen and oxygen atoms in total. The molecular formula is C22H23N3O. The van der Waals surface area contributed by atoms with Gasteiger partial charge in [0.1, 0.15) is 0 Å². The van der Waals surface area contributed by atoms with Gasteiger partial charge in [-0.25, -0.2) is 0 Å². The molecule has 132 valence electrons. The normalized spacial score (nSPS) is 12.3. The predicted octanol–water partition coefficient (Wildman–Crippen LogP) is 4.38. The van der Waals surface area contributed by atoms with E-state index in [-0.39, 0.29) is 11.9 Å². The van der Waals surface area contributed by atoms with E-state index in [2.05, 4.69) is 46.9 Å². The maximum atomic E-state index is 12.2. The highest BCUT2D eigenvalue weighted by atomic mass is 16.1. The highest BCUT2D eigenvalue weighted by Gasteiger charge is 2.10. The van der Waals surface area contributed by atoms with E-state index in [1.165, 1.54) is 0 Å². The number of nitrogens with one attached hydrogen (secondary N) is 1. The van der Waals surface area contributed by atoms with Gasteiger partial charge in [0.05, 0.1) is 6.04 Å². The molecule has 1 unspecified atom stereocenters. The van der Waals surface area contributed by atoms with E-state index < -0.39 is 0 Å². The van der Waals surface area contributed by atoms with Crippen LogP contribution in [0.2, 0.25) is 0 Å². The quantitative estimate of drug-likeness (QED) is 0.698. The van der Waals surface area contributed by atoms with Crippen molar-refractivity contribution in [2.75, 3.05) is 0 Å². The monoisotopic (exact) mass is 345 g/mol. The lowest BCUT2D eigenvalue weighted by molar-refractivity contribution is -0.117. The van der Waals surface area contributed by atoms with Crippen LogP contribution in [-0.2, 0) is 4.79 Å². The number of hydrogen-bond acceptors (Lipinski definition) is 2. The summed E-state index contributed by atoms with van der Waals surface area (Å²) in [7, 11) is 0. The predicted molar refractivity (Wildman–Crippen MR) is 105 cm³/mol. The minimum Gasteiger partial charge on any atom is -0.346 e. The van der Waals surface area contributed by atoms with E-state index in [9.17, 15) is 4.79 Å². The summed E-state index contributed by atoms with van der Waals surface area (Å²) in [6.07, 6.45) is 6.94. The van der Waals surface area contributed by atoms with Gasteiger partial charge < -0.3 is 9.88 Å². The van der Waals surface area contributed by atoms with Crippen LogP contribution in [0.1, 0.15) is 35.5 Å². The number of amides is 1. The first-order valence-electron chi connectivity index (χ1n) is 8.69. The molecule has 0 saturated heterocycles. The maximum Gasteiger partial charge on any atom is 0.244 e.